The number of carbonyl (C=O) groups is 1. The van der Waals surface area contributed by atoms with E-state index in [1.165, 1.54) is 5.56 Å². The van der Waals surface area contributed by atoms with Crippen molar-refractivity contribution in [2.45, 2.75) is 18.9 Å². The molecule has 0 bridgehead atoms. The van der Waals surface area contributed by atoms with Gasteiger partial charge in [-0.15, -0.1) is 0 Å². The Morgan fingerprint density at radius 3 is 3.00 bits per heavy atom. The van der Waals surface area contributed by atoms with Gasteiger partial charge in [0.25, 0.3) is 5.91 Å². The van der Waals surface area contributed by atoms with E-state index < -0.39 is 0 Å². The van der Waals surface area contributed by atoms with Gasteiger partial charge in [0.1, 0.15) is 5.82 Å². The SMILES string of the molecule is CN(C)c1cc(CC[C@@H]2CN(C(=O)c3cnn(C)c3)CCO2)ccn1. The number of nitrogens with zero attached hydrogens (tertiary/aromatic N) is 5. The zero-order valence-electron chi connectivity index (χ0n) is 15.1. The van der Waals surface area contributed by atoms with Crippen molar-refractivity contribution in [3.63, 3.8) is 0 Å². The van der Waals surface area contributed by atoms with Crippen molar-refractivity contribution in [2.24, 2.45) is 7.05 Å². The van der Waals surface area contributed by atoms with E-state index >= 15 is 0 Å². The Kier molecular flexibility index (Phi) is 5.33. The Morgan fingerprint density at radius 1 is 1.44 bits per heavy atom. The van der Waals surface area contributed by atoms with Gasteiger partial charge < -0.3 is 14.5 Å². The molecule has 0 aromatic carbocycles. The fourth-order valence-electron chi connectivity index (χ4n) is 2.98. The van der Waals surface area contributed by atoms with Crippen LogP contribution in [0.25, 0.3) is 0 Å². The van der Waals surface area contributed by atoms with Crippen molar-refractivity contribution < 1.29 is 9.53 Å². The first-order chi connectivity index (χ1) is 12.0. The number of pyridine rings is 1. The minimum atomic E-state index is 0.0280. The maximum atomic E-state index is 12.6. The second-order valence-electron chi connectivity index (χ2n) is 6.60. The molecule has 1 fully saturated rings. The number of aromatic nitrogens is 3. The Hall–Kier alpha value is -2.41. The summed E-state index contributed by atoms with van der Waals surface area (Å²) in [5.41, 5.74) is 1.87. The summed E-state index contributed by atoms with van der Waals surface area (Å²) >= 11 is 0. The zero-order valence-corrected chi connectivity index (χ0v) is 15.1. The average Bonchev–Trinajstić information content (AvgIpc) is 3.06. The van der Waals surface area contributed by atoms with Gasteiger partial charge >= 0.3 is 0 Å². The van der Waals surface area contributed by atoms with E-state index in [9.17, 15) is 4.79 Å². The summed E-state index contributed by atoms with van der Waals surface area (Å²) in [4.78, 5) is 20.8. The molecule has 2 aromatic heterocycles. The molecular formula is C18H25N5O2. The molecule has 0 aliphatic carbocycles. The van der Waals surface area contributed by atoms with Gasteiger partial charge in [-0.2, -0.15) is 5.10 Å². The predicted molar refractivity (Wildman–Crippen MR) is 95.7 cm³/mol. The number of carbonyl (C=O) groups excluding carboxylic acids is 1. The van der Waals surface area contributed by atoms with Crippen molar-refractivity contribution in [1.29, 1.82) is 0 Å². The highest BCUT2D eigenvalue weighted by atomic mass is 16.5. The minimum absolute atomic E-state index is 0.0280. The van der Waals surface area contributed by atoms with Gasteiger partial charge in [-0.25, -0.2) is 4.98 Å². The standard InChI is InChI=1S/C18H25N5O2/c1-21(2)17-10-14(6-7-19-17)4-5-16-13-23(8-9-25-16)18(24)15-11-20-22(3)12-15/h6-7,10-12,16H,4-5,8-9,13H2,1-3H3/t16-/m1/s1. The minimum Gasteiger partial charge on any atom is -0.375 e. The largest absolute Gasteiger partial charge is 0.375 e. The maximum Gasteiger partial charge on any atom is 0.257 e. The van der Waals surface area contributed by atoms with Gasteiger partial charge in [0, 0.05) is 46.6 Å². The van der Waals surface area contributed by atoms with E-state index in [1.807, 2.05) is 43.2 Å². The smallest absolute Gasteiger partial charge is 0.257 e. The summed E-state index contributed by atoms with van der Waals surface area (Å²) in [7, 11) is 5.78. The first-order valence-electron chi connectivity index (χ1n) is 8.54. The molecule has 3 heterocycles. The summed E-state index contributed by atoms with van der Waals surface area (Å²) in [6.07, 6.45) is 7.06. The number of hydrogen-bond acceptors (Lipinski definition) is 5. The Labute approximate surface area is 148 Å². The van der Waals surface area contributed by atoms with Crippen LogP contribution < -0.4 is 4.90 Å². The second kappa shape index (κ2) is 7.65. The Bertz CT molecular complexity index is 728. The molecule has 1 aliphatic heterocycles. The van der Waals surface area contributed by atoms with Gasteiger partial charge in [-0.05, 0) is 30.5 Å². The molecule has 1 amide bonds. The zero-order chi connectivity index (χ0) is 17.8. The van der Waals surface area contributed by atoms with Crippen LogP contribution in [0.15, 0.2) is 30.7 Å². The molecule has 0 unspecified atom stereocenters. The molecule has 7 nitrogen and oxygen atoms in total. The van der Waals surface area contributed by atoms with Crippen molar-refractivity contribution in [1.82, 2.24) is 19.7 Å². The van der Waals surface area contributed by atoms with E-state index in [1.54, 1.807) is 17.1 Å². The highest BCUT2D eigenvalue weighted by Gasteiger charge is 2.25. The van der Waals surface area contributed by atoms with Crippen LogP contribution in [-0.2, 0) is 18.2 Å². The Balaban J connectivity index is 1.57. The molecule has 1 atom stereocenters. The quantitative estimate of drug-likeness (QED) is 0.820. The average molecular weight is 343 g/mol. The van der Waals surface area contributed by atoms with Gasteiger partial charge in [0.15, 0.2) is 0 Å². The van der Waals surface area contributed by atoms with Gasteiger partial charge in [0.05, 0.1) is 24.5 Å². The molecule has 1 saturated heterocycles. The van der Waals surface area contributed by atoms with E-state index in [0.717, 1.165) is 18.7 Å². The number of aryl methyl sites for hydroxylation is 2. The third-order valence-electron chi connectivity index (χ3n) is 4.40. The number of rotatable bonds is 5. The lowest BCUT2D eigenvalue weighted by molar-refractivity contribution is -0.0246. The first-order valence-corrected chi connectivity index (χ1v) is 8.54. The summed E-state index contributed by atoms with van der Waals surface area (Å²) in [5.74, 6) is 0.982. The van der Waals surface area contributed by atoms with E-state index in [-0.39, 0.29) is 12.0 Å². The van der Waals surface area contributed by atoms with Crippen molar-refractivity contribution in [3.8, 4) is 0 Å². The van der Waals surface area contributed by atoms with E-state index in [2.05, 4.69) is 16.1 Å². The molecule has 3 rings (SSSR count). The van der Waals surface area contributed by atoms with Crippen LogP contribution >= 0.6 is 0 Å². The normalized spacial score (nSPS) is 17.6. The molecule has 7 heteroatoms. The molecule has 2 aromatic rings. The number of amides is 1. The fourth-order valence-corrected chi connectivity index (χ4v) is 2.98. The van der Waals surface area contributed by atoms with Crippen LogP contribution in [0.2, 0.25) is 0 Å². The van der Waals surface area contributed by atoms with Gasteiger partial charge in [0.2, 0.25) is 0 Å². The van der Waals surface area contributed by atoms with Crippen molar-refractivity contribution >= 4 is 11.7 Å². The predicted octanol–water partition coefficient (Wildman–Crippen LogP) is 1.35. The topological polar surface area (TPSA) is 63.5 Å². The van der Waals surface area contributed by atoms with Crippen LogP contribution in [0.4, 0.5) is 5.82 Å². The third kappa shape index (κ3) is 4.36. The summed E-state index contributed by atoms with van der Waals surface area (Å²) in [6, 6.07) is 4.13. The van der Waals surface area contributed by atoms with Crippen LogP contribution in [0.1, 0.15) is 22.3 Å². The lowest BCUT2D eigenvalue weighted by Gasteiger charge is -2.32. The van der Waals surface area contributed by atoms with E-state index in [4.69, 9.17) is 4.74 Å². The molecule has 1 aliphatic rings. The summed E-state index contributed by atoms with van der Waals surface area (Å²) in [6.45, 7) is 1.83. The second-order valence-corrected chi connectivity index (χ2v) is 6.60. The fraction of sp³-hybridized carbons (Fsp3) is 0.500. The lowest BCUT2D eigenvalue weighted by atomic mass is 10.1. The highest BCUT2D eigenvalue weighted by Crippen LogP contribution is 2.16. The van der Waals surface area contributed by atoms with Crippen LogP contribution in [0, 0.1) is 0 Å². The monoisotopic (exact) mass is 343 g/mol. The first kappa shape index (κ1) is 17.4. The van der Waals surface area contributed by atoms with Crippen molar-refractivity contribution in [3.05, 3.63) is 41.9 Å². The molecular weight excluding hydrogens is 318 g/mol. The summed E-state index contributed by atoms with van der Waals surface area (Å²) < 4.78 is 7.51. The molecule has 25 heavy (non-hydrogen) atoms. The number of ether oxygens (including phenoxy) is 1. The molecule has 0 N–H and O–H groups in total. The number of hydrogen-bond donors (Lipinski definition) is 0. The molecule has 134 valence electrons. The number of anilines is 1. The molecule has 0 spiro atoms. The van der Waals surface area contributed by atoms with Crippen LogP contribution in [-0.4, -0.2) is 65.5 Å². The molecule has 0 radical (unpaired) electrons. The highest BCUT2D eigenvalue weighted by molar-refractivity contribution is 5.93. The maximum absolute atomic E-state index is 12.6. The molecule has 0 saturated carbocycles. The summed E-state index contributed by atoms with van der Waals surface area (Å²) in [5, 5.41) is 4.08. The van der Waals surface area contributed by atoms with Crippen LogP contribution in [0.3, 0.4) is 0 Å². The van der Waals surface area contributed by atoms with E-state index in [0.29, 0.717) is 25.3 Å². The third-order valence-corrected chi connectivity index (χ3v) is 4.40. The van der Waals surface area contributed by atoms with Gasteiger partial charge in [-0.1, -0.05) is 0 Å². The lowest BCUT2D eigenvalue weighted by Crippen LogP contribution is -2.45. The van der Waals surface area contributed by atoms with Crippen molar-refractivity contribution in [2.75, 3.05) is 38.7 Å². The van der Waals surface area contributed by atoms with Crippen LogP contribution in [0.5, 0.6) is 0 Å². The van der Waals surface area contributed by atoms with Gasteiger partial charge in [-0.3, -0.25) is 9.48 Å². The number of morpholine rings is 1. The Morgan fingerprint density at radius 2 is 2.28 bits per heavy atom.